The smallest absolute Gasteiger partial charge is 0.217 e. The maximum absolute atomic E-state index is 12.5. The second-order valence-electron chi connectivity index (χ2n) is 6.49. The number of carbonyl (C=O) groups is 2. The Labute approximate surface area is 138 Å². The van der Waals surface area contributed by atoms with Crippen LogP contribution in [0.25, 0.3) is 0 Å². The fraction of sp³-hybridized carbons (Fsp3) is 0.412. The van der Waals surface area contributed by atoms with Crippen molar-refractivity contribution >= 4 is 27.6 Å². The molecule has 118 valence electrons. The largest absolute Gasteiger partial charge is 0.512 e. The molecule has 0 heterocycles. The predicted molar refractivity (Wildman–Crippen MR) is 88.4 cm³/mol. The van der Waals surface area contributed by atoms with Gasteiger partial charge < -0.3 is 10.4 Å². The van der Waals surface area contributed by atoms with Crippen LogP contribution in [-0.4, -0.2) is 16.8 Å². The van der Waals surface area contributed by atoms with Gasteiger partial charge in [-0.25, -0.2) is 0 Å². The molecule has 22 heavy (non-hydrogen) atoms. The summed E-state index contributed by atoms with van der Waals surface area (Å²) in [7, 11) is 0. The molecule has 1 aliphatic rings. The average molecular weight is 366 g/mol. The van der Waals surface area contributed by atoms with Crippen molar-refractivity contribution in [1.82, 2.24) is 5.32 Å². The van der Waals surface area contributed by atoms with Crippen molar-refractivity contribution in [3.63, 3.8) is 0 Å². The molecular formula is C17H20BrNO3. The van der Waals surface area contributed by atoms with Crippen LogP contribution < -0.4 is 5.32 Å². The zero-order valence-corrected chi connectivity index (χ0v) is 14.5. The molecule has 0 saturated heterocycles. The van der Waals surface area contributed by atoms with Gasteiger partial charge in [0.2, 0.25) is 5.91 Å². The van der Waals surface area contributed by atoms with E-state index in [1.165, 1.54) is 6.92 Å². The fourth-order valence-electron chi connectivity index (χ4n) is 2.81. The van der Waals surface area contributed by atoms with Crippen LogP contribution in [-0.2, 0) is 9.59 Å². The summed E-state index contributed by atoms with van der Waals surface area (Å²) in [4.78, 5) is 24.0. The van der Waals surface area contributed by atoms with Crippen molar-refractivity contribution < 1.29 is 14.7 Å². The first-order valence-electron chi connectivity index (χ1n) is 7.17. The first-order valence-corrected chi connectivity index (χ1v) is 7.97. The lowest BCUT2D eigenvalue weighted by Crippen LogP contribution is -2.35. The molecule has 0 fully saturated rings. The number of nitrogens with one attached hydrogen (secondary N) is 1. The van der Waals surface area contributed by atoms with E-state index in [0.717, 1.165) is 10.0 Å². The van der Waals surface area contributed by atoms with E-state index in [1.807, 2.05) is 38.1 Å². The highest BCUT2D eigenvalue weighted by atomic mass is 79.9. The molecule has 4 nitrogen and oxygen atoms in total. The maximum atomic E-state index is 12.5. The number of aliphatic hydroxyl groups excluding tert-OH is 1. The van der Waals surface area contributed by atoms with Gasteiger partial charge in [-0.3, -0.25) is 9.59 Å². The summed E-state index contributed by atoms with van der Waals surface area (Å²) < 4.78 is 0.909. The number of amides is 1. The Bertz CT molecular complexity index is 632. The fourth-order valence-corrected chi connectivity index (χ4v) is 3.07. The van der Waals surface area contributed by atoms with E-state index in [-0.39, 0.29) is 22.9 Å². The monoisotopic (exact) mass is 365 g/mol. The molecule has 1 unspecified atom stereocenters. The number of halogens is 1. The second kappa shape index (κ2) is 6.24. The van der Waals surface area contributed by atoms with Crippen LogP contribution in [0.2, 0.25) is 0 Å². The highest BCUT2D eigenvalue weighted by molar-refractivity contribution is 9.10. The van der Waals surface area contributed by atoms with Crippen LogP contribution in [0.4, 0.5) is 0 Å². The van der Waals surface area contributed by atoms with Gasteiger partial charge in [-0.2, -0.15) is 0 Å². The molecule has 2 N–H and O–H groups in total. The third-order valence-electron chi connectivity index (χ3n) is 3.74. The van der Waals surface area contributed by atoms with Gasteiger partial charge in [0.25, 0.3) is 0 Å². The van der Waals surface area contributed by atoms with Gasteiger partial charge in [-0.1, -0.05) is 41.9 Å². The Balaban J connectivity index is 2.47. The van der Waals surface area contributed by atoms with E-state index in [0.29, 0.717) is 18.4 Å². The third kappa shape index (κ3) is 3.77. The van der Waals surface area contributed by atoms with Gasteiger partial charge in [0, 0.05) is 24.2 Å². The lowest BCUT2D eigenvalue weighted by molar-refractivity contribution is -0.120. The SMILES string of the molecule is CC(=O)NC(C1=C(O)CC(C)(C)CC1=O)c1ccc(Br)cc1. The van der Waals surface area contributed by atoms with Crippen molar-refractivity contribution in [1.29, 1.82) is 0 Å². The van der Waals surface area contributed by atoms with E-state index in [4.69, 9.17) is 0 Å². The van der Waals surface area contributed by atoms with E-state index in [2.05, 4.69) is 21.2 Å². The quantitative estimate of drug-likeness (QED) is 0.855. The Hall–Kier alpha value is -1.62. The predicted octanol–water partition coefficient (Wildman–Crippen LogP) is 3.83. The zero-order valence-electron chi connectivity index (χ0n) is 12.9. The summed E-state index contributed by atoms with van der Waals surface area (Å²) in [6.45, 7) is 5.30. The number of Topliss-reactive ketones (excluding diaryl/α,β-unsaturated/α-hetero) is 1. The molecule has 0 spiro atoms. The maximum Gasteiger partial charge on any atom is 0.217 e. The van der Waals surface area contributed by atoms with Crippen LogP contribution >= 0.6 is 15.9 Å². The molecular weight excluding hydrogens is 346 g/mol. The van der Waals surface area contributed by atoms with Gasteiger partial charge in [-0.15, -0.1) is 0 Å². The highest BCUT2D eigenvalue weighted by Crippen LogP contribution is 2.40. The summed E-state index contributed by atoms with van der Waals surface area (Å²) in [6.07, 6.45) is 0.791. The van der Waals surface area contributed by atoms with Gasteiger partial charge in [0.1, 0.15) is 5.76 Å². The summed E-state index contributed by atoms with van der Waals surface area (Å²) in [6, 6.07) is 6.74. The number of carbonyl (C=O) groups excluding carboxylic acids is 2. The summed E-state index contributed by atoms with van der Waals surface area (Å²) in [5, 5.41) is 13.2. The van der Waals surface area contributed by atoms with Crippen molar-refractivity contribution in [2.45, 2.75) is 39.7 Å². The Kier molecular flexibility index (Phi) is 4.75. The molecule has 0 bridgehead atoms. The second-order valence-corrected chi connectivity index (χ2v) is 7.40. The van der Waals surface area contributed by atoms with Crippen LogP contribution in [0.3, 0.4) is 0 Å². The molecule has 2 rings (SSSR count). The first-order chi connectivity index (χ1) is 10.2. The number of allylic oxidation sites excluding steroid dienone is 1. The van der Waals surface area contributed by atoms with Gasteiger partial charge in [0.15, 0.2) is 5.78 Å². The van der Waals surface area contributed by atoms with E-state index < -0.39 is 6.04 Å². The van der Waals surface area contributed by atoms with Gasteiger partial charge in [0.05, 0.1) is 11.6 Å². The van der Waals surface area contributed by atoms with Crippen molar-refractivity contribution in [3.05, 3.63) is 45.6 Å². The van der Waals surface area contributed by atoms with E-state index in [9.17, 15) is 14.7 Å². The minimum absolute atomic E-state index is 0.0721. The normalized spacial score (nSPS) is 19.0. The lowest BCUT2D eigenvalue weighted by Gasteiger charge is -2.32. The molecule has 0 aliphatic heterocycles. The molecule has 0 radical (unpaired) electrons. The zero-order chi connectivity index (χ0) is 16.5. The van der Waals surface area contributed by atoms with Crippen molar-refractivity contribution in [2.75, 3.05) is 0 Å². The first kappa shape index (κ1) is 16.7. The average Bonchev–Trinajstić information content (AvgIpc) is 2.35. The molecule has 1 aliphatic carbocycles. The minimum Gasteiger partial charge on any atom is -0.512 e. The molecule has 1 amide bonds. The number of benzene rings is 1. The Morgan fingerprint density at radius 2 is 1.86 bits per heavy atom. The van der Waals surface area contributed by atoms with Crippen LogP contribution in [0.15, 0.2) is 40.1 Å². The van der Waals surface area contributed by atoms with Crippen LogP contribution in [0.1, 0.15) is 45.2 Å². The summed E-state index contributed by atoms with van der Waals surface area (Å²) >= 11 is 3.36. The number of rotatable bonds is 3. The van der Waals surface area contributed by atoms with E-state index >= 15 is 0 Å². The number of hydrogen-bond acceptors (Lipinski definition) is 3. The third-order valence-corrected chi connectivity index (χ3v) is 4.26. The molecule has 1 aromatic rings. The molecule has 1 atom stereocenters. The number of ketones is 1. The Morgan fingerprint density at radius 1 is 1.27 bits per heavy atom. The van der Waals surface area contributed by atoms with Crippen molar-refractivity contribution in [3.8, 4) is 0 Å². The van der Waals surface area contributed by atoms with Crippen LogP contribution in [0, 0.1) is 5.41 Å². The summed E-state index contributed by atoms with van der Waals surface area (Å²) in [5.74, 6) is -0.288. The van der Waals surface area contributed by atoms with Gasteiger partial charge in [-0.05, 0) is 23.1 Å². The molecule has 1 aromatic carbocycles. The van der Waals surface area contributed by atoms with Crippen LogP contribution in [0.5, 0.6) is 0 Å². The highest BCUT2D eigenvalue weighted by Gasteiger charge is 2.37. The van der Waals surface area contributed by atoms with Crippen molar-refractivity contribution in [2.24, 2.45) is 5.41 Å². The van der Waals surface area contributed by atoms with E-state index in [1.54, 1.807) is 0 Å². The summed E-state index contributed by atoms with van der Waals surface area (Å²) in [5.41, 5.74) is 0.815. The molecule has 0 saturated carbocycles. The standard InChI is InChI=1S/C17H20BrNO3/c1-10(20)19-16(11-4-6-12(18)7-5-11)15-13(21)8-17(2,3)9-14(15)22/h4-7,16,21H,8-9H2,1-3H3,(H,19,20). The van der Waals surface area contributed by atoms with Gasteiger partial charge >= 0.3 is 0 Å². The topological polar surface area (TPSA) is 66.4 Å². The Morgan fingerprint density at radius 3 is 2.36 bits per heavy atom. The molecule has 5 heteroatoms. The number of aliphatic hydroxyl groups is 1. The lowest BCUT2D eigenvalue weighted by atomic mass is 9.74. The number of hydrogen-bond donors (Lipinski definition) is 2. The molecule has 0 aromatic heterocycles. The minimum atomic E-state index is -0.616.